The van der Waals surface area contributed by atoms with Gasteiger partial charge in [-0.1, -0.05) is 24.3 Å². The number of aryl methyl sites for hydroxylation is 2. The Bertz CT molecular complexity index is 626. The van der Waals surface area contributed by atoms with Crippen LogP contribution in [0.5, 0.6) is 0 Å². The zero-order valence-corrected chi connectivity index (χ0v) is 11.6. The molecule has 0 aliphatic carbocycles. The number of carboxylic acid groups (broad SMARTS) is 1. The van der Waals surface area contributed by atoms with E-state index < -0.39 is 5.97 Å². The number of aliphatic carboxylic acids is 1. The molecule has 1 heterocycles. The van der Waals surface area contributed by atoms with Gasteiger partial charge < -0.3 is 10.4 Å². The summed E-state index contributed by atoms with van der Waals surface area (Å²) in [6.07, 6.45) is 1.75. The van der Waals surface area contributed by atoms with Gasteiger partial charge in [-0.25, -0.2) is 4.98 Å². The van der Waals surface area contributed by atoms with Crippen molar-refractivity contribution in [3.8, 4) is 0 Å². The van der Waals surface area contributed by atoms with E-state index in [4.69, 9.17) is 5.11 Å². The van der Waals surface area contributed by atoms with Gasteiger partial charge in [0.1, 0.15) is 5.82 Å². The number of aromatic nitrogens is 2. The molecule has 0 bridgehead atoms. The number of hydrogen-bond donors (Lipinski definition) is 2. The maximum Gasteiger partial charge on any atom is 0.307 e. The highest BCUT2D eigenvalue weighted by molar-refractivity contribution is 5.70. The second kappa shape index (κ2) is 6.14. The number of carbonyl (C=O) groups is 1. The van der Waals surface area contributed by atoms with Gasteiger partial charge in [0.15, 0.2) is 0 Å². The molecule has 5 heteroatoms. The van der Waals surface area contributed by atoms with Gasteiger partial charge in [0.25, 0.3) is 0 Å². The summed E-state index contributed by atoms with van der Waals surface area (Å²) in [6.45, 7) is 4.30. The van der Waals surface area contributed by atoms with Gasteiger partial charge in [0, 0.05) is 12.7 Å². The van der Waals surface area contributed by atoms with Gasteiger partial charge in [0.05, 0.1) is 17.8 Å². The molecule has 0 radical (unpaired) electrons. The van der Waals surface area contributed by atoms with Crippen molar-refractivity contribution >= 4 is 11.8 Å². The first-order valence-electron chi connectivity index (χ1n) is 6.39. The minimum atomic E-state index is -0.830. The molecule has 1 aromatic heterocycles. The van der Waals surface area contributed by atoms with Crippen molar-refractivity contribution < 1.29 is 9.90 Å². The number of nitrogens with one attached hydrogen (secondary N) is 1. The Hall–Kier alpha value is -2.43. The number of hydrogen-bond acceptors (Lipinski definition) is 4. The second-order valence-corrected chi connectivity index (χ2v) is 4.64. The molecule has 0 amide bonds. The normalized spacial score (nSPS) is 10.3. The molecule has 0 unspecified atom stereocenters. The maximum atomic E-state index is 10.9. The fourth-order valence-electron chi connectivity index (χ4n) is 1.95. The third-order valence-electron chi connectivity index (χ3n) is 2.98. The summed E-state index contributed by atoms with van der Waals surface area (Å²) in [4.78, 5) is 19.5. The molecule has 2 N–H and O–H groups in total. The Morgan fingerprint density at radius 2 is 1.95 bits per heavy atom. The van der Waals surface area contributed by atoms with Gasteiger partial charge in [0.2, 0.25) is 0 Å². The van der Waals surface area contributed by atoms with Crippen LogP contribution in [0.15, 0.2) is 30.5 Å². The van der Waals surface area contributed by atoms with E-state index in [1.165, 1.54) is 0 Å². The van der Waals surface area contributed by atoms with Crippen LogP contribution in [0.2, 0.25) is 0 Å². The van der Waals surface area contributed by atoms with E-state index >= 15 is 0 Å². The number of rotatable bonds is 5. The molecular weight excluding hydrogens is 254 g/mol. The average molecular weight is 271 g/mol. The van der Waals surface area contributed by atoms with Crippen molar-refractivity contribution in [1.29, 1.82) is 0 Å². The topological polar surface area (TPSA) is 75.1 Å². The zero-order chi connectivity index (χ0) is 14.5. The van der Waals surface area contributed by atoms with Crippen LogP contribution in [0.1, 0.15) is 22.5 Å². The van der Waals surface area contributed by atoms with Crippen molar-refractivity contribution in [1.82, 2.24) is 9.97 Å². The molecule has 1 aromatic carbocycles. The first-order chi connectivity index (χ1) is 9.56. The largest absolute Gasteiger partial charge is 0.481 e. The van der Waals surface area contributed by atoms with Crippen LogP contribution in [0.3, 0.4) is 0 Å². The summed E-state index contributed by atoms with van der Waals surface area (Å²) < 4.78 is 0. The van der Waals surface area contributed by atoms with Crippen LogP contribution in [0, 0.1) is 13.8 Å². The molecule has 104 valence electrons. The highest BCUT2D eigenvalue weighted by Crippen LogP contribution is 2.14. The average Bonchev–Trinajstić information content (AvgIpc) is 2.41. The predicted molar refractivity (Wildman–Crippen MR) is 76.6 cm³/mol. The Labute approximate surface area is 117 Å². The number of anilines is 1. The van der Waals surface area contributed by atoms with E-state index in [1.54, 1.807) is 6.20 Å². The molecule has 0 saturated carbocycles. The summed E-state index contributed by atoms with van der Waals surface area (Å²) in [5.41, 5.74) is 3.44. The molecule has 20 heavy (non-hydrogen) atoms. The quantitative estimate of drug-likeness (QED) is 0.873. The molecule has 0 atom stereocenters. The molecule has 0 aliphatic heterocycles. The lowest BCUT2D eigenvalue weighted by Gasteiger charge is -2.11. The molecule has 2 aromatic rings. The van der Waals surface area contributed by atoms with Crippen LogP contribution < -0.4 is 5.32 Å². The summed E-state index contributed by atoms with van der Waals surface area (Å²) in [7, 11) is 0. The molecule has 0 saturated heterocycles. The lowest BCUT2D eigenvalue weighted by Crippen LogP contribution is -2.09. The minimum absolute atomic E-state index is 0.0241. The van der Waals surface area contributed by atoms with Crippen LogP contribution in [0.4, 0.5) is 5.82 Å². The summed E-state index contributed by atoms with van der Waals surface area (Å²) in [5.74, 6) is -0.0981. The first-order valence-corrected chi connectivity index (χ1v) is 6.39. The predicted octanol–water partition coefficient (Wildman–Crippen LogP) is 2.33. The third-order valence-corrected chi connectivity index (χ3v) is 2.98. The lowest BCUT2D eigenvalue weighted by atomic mass is 10.0. The molecule has 0 spiro atoms. The van der Waals surface area contributed by atoms with E-state index in [0.29, 0.717) is 6.54 Å². The Kier molecular flexibility index (Phi) is 4.30. The second-order valence-electron chi connectivity index (χ2n) is 4.64. The molecule has 2 rings (SSSR count). The van der Waals surface area contributed by atoms with Crippen molar-refractivity contribution in [2.24, 2.45) is 0 Å². The summed E-state index contributed by atoms with van der Waals surface area (Å²) in [5, 5.41) is 12.1. The Morgan fingerprint density at radius 1 is 1.25 bits per heavy atom. The SMILES string of the molecule is Cc1cnc(C)c(NCc2ccccc2CC(=O)O)n1. The van der Waals surface area contributed by atoms with Gasteiger partial charge in [-0.05, 0) is 25.0 Å². The van der Waals surface area contributed by atoms with Gasteiger partial charge in [-0.3, -0.25) is 9.78 Å². The zero-order valence-electron chi connectivity index (χ0n) is 11.6. The van der Waals surface area contributed by atoms with Crippen molar-refractivity contribution in [3.63, 3.8) is 0 Å². The highest BCUT2D eigenvalue weighted by atomic mass is 16.4. The summed E-state index contributed by atoms with van der Waals surface area (Å²) in [6, 6.07) is 7.50. The molecule has 0 fully saturated rings. The van der Waals surface area contributed by atoms with Gasteiger partial charge in [-0.15, -0.1) is 0 Å². The van der Waals surface area contributed by atoms with Crippen molar-refractivity contribution in [2.75, 3.05) is 5.32 Å². The number of benzene rings is 1. The van der Waals surface area contributed by atoms with E-state index in [9.17, 15) is 4.79 Å². The number of nitrogens with zero attached hydrogens (tertiary/aromatic N) is 2. The van der Waals surface area contributed by atoms with Crippen LogP contribution >= 0.6 is 0 Å². The minimum Gasteiger partial charge on any atom is -0.481 e. The molecular formula is C15H17N3O2. The fraction of sp³-hybridized carbons (Fsp3) is 0.267. The molecule has 5 nitrogen and oxygen atoms in total. The Balaban J connectivity index is 2.14. The van der Waals surface area contributed by atoms with Gasteiger partial charge in [-0.2, -0.15) is 0 Å². The number of carboxylic acids is 1. The third kappa shape index (κ3) is 3.54. The highest BCUT2D eigenvalue weighted by Gasteiger charge is 2.07. The lowest BCUT2D eigenvalue weighted by molar-refractivity contribution is -0.136. The van der Waals surface area contributed by atoms with Crippen LogP contribution in [-0.4, -0.2) is 21.0 Å². The van der Waals surface area contributed by atoms with Gasteiger partial charge >= 0.3 is 5.97 Å². The van der Waals surface area contributed by atoms with E-state index in [0.717, 1.165) is 28.3 Å². The maximum absolute atomic E-state index is 10.9. The molecule has 0 aliphatic rings. The van der Waals surface area contributed by atoms with Crippen molar-refractivity contribution in [2.45, 2.75) is 26.8 Å². The van der Waals surface area contributed by atoms with E-state index in [-0.39, 0.29) is 6.42 Å². The standard InChI is InChI=1S/C15H17N3O2/c1-10-8-16-11(2)15(18-10)17-9-13-6-4-3-5-12(13)7-14(19)20/h3-6,8H,7,9H2,1-2H3,(H,17,18)(H,19,20). The Morgan fingerprint density at radius 3 is 2.65 bits per heavy atom. The van der Waals surface area contributed by atoms with Crippen molar-refractivity contribution in [3.05, 3.63) is 53.0 Å². The first kappa shape index (κ1) is 14.0. The monoisotopic (exact) mass is 271 g/mol. The fourth-order valence-corrected chi connectivity index (χ4v) is 1.95. The summed E-state index contributed by atoms with van der Waals surface area (Å²) >= 11 is 0. The van der Waals surface area contributed by atoms with E-state index in [2.05, 4.69) is 15.3 Å². The van der Waals surface area contributed by atoms with E-state index in [1.807, 2.05) is 38.1 Å². The van der Waals surface area contributed by atoms with Crippen LogP contribution in [-0.2, 0) is 17.8 Å². The van der Waals surface area contributed by atoms with Crippen LogP contribution in [0.25, 0.3) is 0 Å². The smallest absolute Gasteiger partial charge is 0.307 e.